The Labute approximate surface area is 194 Å². The lowest BCUT2D eigenvalue weighted by Gasteiger charge is -2.22. The molecule has 0 radical (unpaired) electrons. The van der Waals surface area contributed by atoms with Crippen molar-refractivity contribution in [2.75, 3.05) is 24.2 Å². The summed E-state index contributed by atoms with van der Waals surface area (Å²) in [5.74, 6) is -0.292. The predicted molar refractivity (Wildman–Crippen MR) is 127 cm³/mol. The molecule has 7 nitrogen and oxygen atoms in total. The van der Waals surface area contributed by atoms with Gasteiger partial charge in [0, 0.05) is 19.2 Å². The Bertz CT molecular complexity index is 1210. The molecule has 2 aromatic heterocycles. The molecule has 0 unspecified atom stereocenters. The second kappa shape index (κ2) is 9.51. The minimum Gasteiger partial charge on any atom is -0.437 e. The highest BCUT2D eigenvalue weighted by atomic mass is 127. The third-order valence-corrected chi connectivity index (χ3v) is 6.73. The van der Waals surface area contributed by atoms with Crippen molar-refractivity contribution in [3.05, 3.63) is 45.3 Å². The van der Waals surface area contributed by atoms with E-state index in [9.17, 15) is 17.6 Å². The summed E-state index contributed by atoms with van der Waals surface area (Å²) in [5.41, 5.74) is 0.910. The van der Waals surface area contributed by atoms with Crippen LogP contribution in [-0.2, 0) is 10.0 Å². The molecule has 1 aromatic carbocycles. The summed E-state index contributed by atoms with van der Waals surface area (Å²) < 4.78 is 46.0. The number of unbranched alkanes of at least 4 members (excludes halogenated alkanes) is 2. The van der Waals surface area contributed by atoms with Crippen LogP contribution in [-0.4, -0.2) is 39.2 Å². The Hall–Kier alpha value is -2.21. The molecular weight excluding hydrogens is 536 g/mol. The number of hydrogen-bond donors (Lipinski definition) is 1. The van der Waals surface area contributed by atoms with Crippen molar-refractivity contribution in [1.82, 2.24) is 10.3 Å². The van der Waals surface area contributed by atoms with Gasteiger partial charge in [0.15, 0.2) is 5.82 Å². The molecule has 166 valence electrons. The van der Waals surface area contributed by atoms with E-state index in [-0.39, 0.29) is 28.8 Å². The number of aromatic nitrogens is 1. The highest BCUT2D eigenvalue weighted by Gasteiger charge is 2.27. The summed E-state index contributed by atoms with van der Waals surface area (Å²) >= 11 is 2.01. The van der Waals surface area contributed by atoms with Crippen LogP contribution in [0.25, 0.3) is 22.4 Å². The summed E-state index contributed by atoms with van der Waals surface area (Å²) in [5, 5.41) is 3.04. The molecule has 3 rings (SSSR count). The predicted octanol–water partition coefficient (Wildman–Crippen LogP) is 4.55. The molecule has 10 heteroatoms. The number of carbonyl (C=O) groups excluding carboxylic acids is 1. The molecule has 2 heterocycles. The highest BCUT2D eigenvalue weighted by molar-refractivity contribution is 14.1. The summed E-state index contributed by atoms with van der Waals surface area (Å²) in [6.45, 7) is 2.34. The van der Waals surface area contributed by atoms with Gasteiger partial charge in [-0.05, 0) is 59.3 Å². The van der Waals surface area contributed by atoms with Crippen LogP contribution >= 0.6 is 22.6 Å². The summed E-state index contributed by atoms with van der Waals surface area (Å²) in [7, 11) is -2.07. The SMILES string of the molecule is CCCCCN(c1nc2oc(-c3ccc(F)cc3)c(C(=O)NC)c2cc1I)S(C)(=O)=O. The number of halogens is 2. The second-order valence-corrected chi connectivity index (χ2v) is 10.1. The van der Waals surface area contributed by atoms with Crippen molar-refractivity contribution >= 4 is 55.4 Å². The van der Waals surface area contributed by atoms with Gasteiger partial charge in [-0.3, -0.25) is 9.10 Å². The van der Waals surface area contributed by atoms with E-state index < -0.39 is 15.8 Å². The van der Waals surface area contributed by atoms with Crippen LogP contribution < -0.4 is 9.62 Å². The van der Waals surface area contributed by atoms with E-state index in [1.165, 1.54) is 35.6 Å². The minimum absolute atomic E-state index is 0.137. The van der Waals surface area contributed by atoms with Crippen molar-refractivity contribution in [1.29, 1.82) is 0 Å². The molecule has 0 saturated heterocycles. The van der Waals surface area contributed by atoms with E-state index in [4.69, 9.17) is 4.42 Å². The second-order valence-electron chi connectivity index (χ2n) is 7.08. The van der Waals surface area contributed by atoms with Crippen molar-refractivity contribution in [3.8, 4) is 11.3 Å². The highest BCUT2D eigenvalue weighted by Crippen LogP contribution is 2.36. The molecule has 0 saturated carbocycles. The van der Waals surface area contributed by atoms with Gasteiger partial charge in [-0.1, -0.05) is 19.8 Å². The fourth-order valence-corrected chi connectivity index (χ4v) is 5.05. The third kappa shape index (κ3) is 5.00. The largest absolute Gasteiger partial charge is 0.437 e. The molecule has 0 bridgehead atoms. The lowest BCUT2D eigenvalue weighted by Crippen LogP contribution is -2.32. The molecule has 0 spiro atoms. The fraction of sp³-hybridized carbons (Fsp3) is 0.333. The van der Waals surface area contributed by atoms with E-state index in [1.807, 2.05) is 29.5 Å². The molecule has 3 aromatic rings. The van der Waals surface area contributed by atoms with Crippen molar-refractivity contribution in [3.63, 3.8) is 0 Å². The number of hydrogen-bond acceptors (Lipinski definition) is 5. The number of furan rings is 1. The monoisotopic (exact) mass is 559 g/mol. The minimum atomic E-state index is -3.57. The lowest BCUT2D eigenvalue weighted by atomic mass is 10.1. The first-order valence-corrected chi connectivity index (χ1v) is 12.7. The standard InChI is InChI=1S/C21H23FIN3O4S/c1-4-5-6-11-26(31(3,28)29)19-16(23)12-15-17(20(27)24-2)18(30-21(15)25-19)13-7-9-14(22)10-8-13/h7-10,12H,4-6,11H2,1-3H3,(H,24,27). The number of sulfonamides is 1. The summed E-state index contributed by atoms with van der Waals surface area (Å²) in [6, 6.07) is 7.27. The molecule has 0 aliphatic carbocycles. The van der Waals surface area contributed by atoms with Gasteiger partial charge >= 0.3 is 0 Å². The number of rotatable bonds is 8. The third-order valence-electron chi connectivity index (χ3n) is 4.78. The first-order chi connectivity index (χ1) is 14.7. The van der Waals surface area contributed by atoms with Gasteiger partial charge in [0.1, 0.15) is 11.6 Å². The van der Waals surface area contributed by atoms with Gasteiger partial charge in [0.2, 0.25) is 15.7 Å². The Morgan fingerprint density at radius 3 is 2.52 bits per heavy atom. The van der Waals surface area contributed by atoms with Crippen LogP contribution in [0.15, 0.2) is 34.7 Å². The topological polar surface area (TPSA) is 92.5 Å². The number of carbonyl (C=O) groups is 1. The molecule has 0 fully saturated rings. The molecule has 0 aliphatic rings. The molecule has 31 heavy (non-hydrogen) atoms. The van der Waals surface area contributed by atoms with Crippen LogP contribution in [0.3, 0.4) is 0 Å². The van der Waals surface area contributed by atoms with Gasteiger partial charge < -0.3 is 9.73 Å². The van der Waals surface area contributed by atoms with Crippen LogP contribution in [0.2, 0.25) is 0 Å². The zero-order valence-electron chi connectivity index (χ0n) is 17.4. The van der Waals surface area contributed by atoms with Crippen LogP contribution in [0.5, 0.6) is 0 Å². The van der Waals surface area contributed by atoms with Crippen molar-refractivity contribution in [2.24, 2.45) is 0 Å². The van der Waals surface area contributed by atoms with E-state index in [0.717, 1.165) is 19.1 Å². The first-order valence-electron chi connectivity index (χ1n) is 9.76. The number of pyridine rings is 1. The van der Waals surface area contributed by atoms with Crippen LogP contribution in [0.1, 0.15) is 36.5 Å². The Kier molecular flexibility index (Phi) is 7.20. The van der Waals surface area contributed by atoms with Gasteiger partial charge in [0.25, 0.3) is 5.91 Å². The normalized spacial score (nSPS) is 11.6. The number of fused-ring (bicyclic) bond motifs is 1. The molecule has 0 aliphatic heterocycles. The zero-order chi connectivity index (χ0) is 22.8. The Morgan fingerprint density at radius 2 is 1.94 bits per heavy atom. The van der Waals surface area contributed by atoms with Crippen molar-refractivity contribution in [2.45, 2.75) is 26.2 Å². The average molecular weight is 559 g/mol. The van der Waals surface area contributed by atoms with E-state index in [1.54, 1.807) is 6.07 Å². The van der Waals surface area contributed by atoms with Gasteiger partial charge in [-0.15, -0.1) is 0 Å². The average Bonchev–Trinajstić information content (AvgIpc) is 3.08. The Balaban J connectivity index is 2.21. The maximum Gasteiger partial charge on any atom is 0.255 e. The van der Waals surface area contributed by atoms with Crippen molar-refractivity contribution < 1.29 is 22.0 Å². The maximum atomic E-state index is 13.4. The van der Waals surface area contributed by atoms with E-state index >= 15 is 0 Å². The molecule has 1 N–H and O–H groups in total. The lowest BCUT2D eigenvalue weighted by molar-refractivity contribution is 0.0964. The molecular formula is C21H23FIN3O4S. The van der Waals surface area contributed by atoms with Gasteiger partial charge in [-0.25, -0.2) is 12.8 Å². The van der Waals surface area contributed by atoms with Crippen LogP contribution in [0.4, 0.5) is 10.2 Å². The fourth-order valence-electron chi connectivity index (χ4n) is 3.25. The maximum absolute atomic E-state index is 13.4. The van der Waals surface area contributed by atoms with Gasteiger partial charge in [0.05, 0.1) is 20.8 Å². The first kappa shape index (κ1) is 23.5. The number of benzene rings is 1. The Morgan fingerprint density at radius 1 is 1.26 bits per heavy atom. The van der Waals surface area contributed by atoms with Gasteiger partial charge in [-0.2, -0.15) is 4.98 Å². The number of nitrogens with zero attached hydrogens (tertiary/aromatic N) is 2. The van der Waals surface area contributed by atoms with E-state index in [2.05, 4.69) is 10.3 Å². The molecule has 0 atom stereocenters. The van der Waals surface area contributed by atoms with Crippen LogP contribution in [0, 0.1) is 9.39 Å². The smallest absolute Gasteiger partial charge is 0.255 e. The zero-order valence-corrected chi connectivity index (χ0v) is 20.4. The summed E-state index contributed by atoms with van der Waals surface area (Å²) in [4.78, 5) is 17.1. The quantitative estimate of drug-likeness (QED) is 0.323. The summed E-state index contributed by atoms with van der Waals surface area (Å²) in [6.07, 6.45) is 3.68. The number of amides is 1. The number of nitrogens with one attached hydrogen (secondary N) is 1. The van der Waals surface area contributed by atoms with E-state index in [0.29, 0.717) is 27.5 Å². The number of anilines is 1. The molecule has 1 amide bonds.